The Kier molecular flexibility index (Phi) is 5.06. The van der Waals surface area contributed by atoms with Gasteiger partial charge < -0.3 is 11.1 Å². The second kappa shape index (κ2) is 6.99. The van der Waals surface area contributed by atoms with Crippen LogP contribution in [0.5, 0.6) is 0 Å². The van der Waals surface area contributed by atoms with Crippen LogP contribution in [0.3, 0.4) is 0 Å². The Morgan fingerprint density at radius 1 is 1.24 bits per heavy atom. The molecule has 0 saturated heterocycles. The Morgan fingerprint density at radius 3 is 2.71 bits per heavy atom. The number of hydrogen-bond donors (Lipinski definition) is 2. The van der Waals surface area contributed by atoms with Gasteiger partial charge in [-0.2, -0.15) is 0 Å². The van der Waals surface area contributed by atoms with E-state index in [0.29, 0.717) is 12.1 Å². The van der Waals surface area contributed by atoms with Gasteiger partial charge in [-0.1, -0.05) is 24.3 Å². The standard InChI is InChI=1S/C17H19FN2O/c1-12(14-5-3-7-16(18)11-14)20-17(21)15-6-2-4-13(10-15)8-9-19/h2-7,10-12H,8-9,19H2,1H3,(H,20,21). The molecule has 2 rings (SSSR count). The lowest BCUT2D eigenvalue weighted by Gasteiger charge is -2.15. The zero-order valence-electron chi connectivity index (χ0n) is 12.0. The maximum absolute atomic E-state index is 13.2. The first-order chi connectivity index (χ1) is 10.1. The van der Waals surface area contributed by atoms with Crippen molar-refractivity contribution in [3.8, 4) is 0 Å². The summed E-state index contributed by atoms with van der Waals surface area (Å²) in [5.74, 6) is -0.482. The van der Waals surface area contributed by atoms with E-state index in [9.17, 15) is 9.18 Å². The molecular formula is C17H19FN2O. The van der Waals surface area contributed by atoms with Gasteiger partial charge in [0.05, 0.1) is 6.04 Å². The summed E-state index contributed by atoms with van der Waals surface area (Å²) < 4.78 is 13.2. The van der Waals surface area contributed by atoms with Crippen LogP contribution in [0, 0.1) is 5.82 Å². The predicted molar refractivity (Wildman–Crippen MR) is 81.5 cm³/mol. The number of halogens is 1. The number of amides is 1. The van der Waals surface area contributed by atoms with Crippen molar-refractivity contribution in [3.63, 3.8) is 0 Å². The molecule has 2 aromatic rings. The number of carbonyl (C=O) groups excluding carboxylic acids is 1. The molecule has 0 aliphatic heterocycles. The molecule has 1 unspecified atom stereocenters. The molecule has 4 heteroatoms. The minimum Gasteiger partial charge on any atom is -0.346 e. The molecule has 0 bridgehead atoms. The minimum absolute atomic E-state index is 0.175. The lowest BCUT2D eigenvalue weighted by Crippen LogP contribution is -2.26. The first-order valence-electron chi connectivity index (χ1n) is 6.95. The van der Waals surface area contributed by atoms with E-state index in [0.717, 1.165) is 17.5 Å². The highest BCUT2D eigenvalue weighted by molar-refractivity contribution is 5.94. The van der Waals surface area contributed by atoms with Crippen LogP contribution in [0.4, 0.5) is 4.39 Å². The fourth-order valence-corrected chi connectivity index (χ4v) is 2.17. The Labute approximate surface area is 124 Å². The van der Waals surface area contributed by atoms with Crippen LogP contribution in [0.2, 0.25) is 0 Å². The molecule has 3 nitrogen and oxygen atoms in total. The van der Waals surface area contributed by atoms with Gasteiger partial charge in [0.25, 0.3) is 5.91 Å². The number of carbonyl (C=O) groups is 1. The molecule has 21 heavy (non-hydrogen) atoms. The van der Waals surface area contributed by atoms with Gasteiger partial charge in [-0.25, -0.2) is 4.39 Å². The number of nitrogens with one attached hydrogen (secondary N) is 1. The Bertz CT molecular complexity index is 628. The summed E-state index contributed by atoms with van der Waals surface area (Å²) in [5.41, 5.74) is 7.88. The highest BCUT2D eigenvalue weighted by Gasteiger charge is 2.12. The second-order valence-corrected chi connectivity index (χ2v) is 4.99. The van der Waals surface area contributed by atoms with Crippen LogP contribution in [-0.4, -0.2) is 12.5 Å². The maximum atomic E-state index is 13.2. The van der Waals surface area contributed by atoms with Crippen molar-refractivity contribution in [1.29, 1.82) is 0 Å². The summed E-state index contributed by atoms with van der Waals surface area (Å²) in [6.45, 7) is 2.38. The summed E-state index contributed by atoms with van der Waals surface area (Å²) in [4.78, 5) is 12.2. The highest BCUT2D eigenvalue weighted by atomic mass is 19.1. The van der Waals surface area contributed by atoms with Gasteiger partial charge in [-0.3, -0.25) is 4.79 Å². The molecule has 110 valence electrons. The van der Waals surface area contributed by atoms with E-state index < -0.39 is 0 Å². The summed E-state index contributed by atoms with van der Waals surface area (Å²) in [5, 5.41) is 2.87. The quantitative estimate of drug-likeness (QED) is 0.888. The van der Waals surface area contributed by atoms with Crippen molar-refractivity contribution in [3.05, 3.63) is 71.0 Å². The summed E-state index contributed by atoms with van der Waals surface area (Å²) in [6.07, 6.45) is 0.737. The van der Waals surface area contributed by atoms with Crippen LogP contribution in [0.25, 0.3) is 0 Å². The zero-order chi connectivity index (χ0) is 15.2. The highest BCUT2D eigenvalue weighted by Crippen LogP contribution is 2.15. The average Bonchev–Trinajstić information content (AvgIpc) is 2.48. The minimum atomic E-state index is -0.307. The molecule has 0 radical (unpaired) electrons. The maximum Gasteiger partial charge on any atom is 0.251 e. The van der Waals surface area contributed by atoms with Gasteiger partial charge in [-0.15, -0.1) is 0 Å². The van der Waals surface area contributed by atoms with Gasteiger partial charge in [0.1, 0.15) is 5.82 Å². The molecule has 1 amide bonds. The Morgan fingerprint density at radius 2 is 2.00 bits per heavy atom. The van der Waals surface area contributed by atoms with E-state index in [4.69, 9.17) is 5.73 Å². The van der Waals surface area contributed by atoms with Crippen molar-refractivity contribution in [2.45, 2.75) is 19.4 Å². The molecule has 0 spiro atoms. The van der Waals surface area contributed by atoms with E-state index in [-0.39, 0.29) is 17.8 Å². The smallest absolute Gasteiger partial charge is 0.251 e. The summed E-state index contributed by atoms with van der Waals surface area (Å²) in [7, 11) is 0. The largest absolute Gasteiger partial charge is 0.346 e. The number of benzene rings is 2. The summed E-state index contributed by atoms with van der Waals surface area (Å²) in [6, 6.07) is 13.4. The Balaban J connectivity index is 2.08. The monoisotopic (exact) mass is 286 g/mol. The number of hydrogen-bond acceptors (Lipinski definition) is 2. The molecule has 0 aliphatic rings. The molecule has 0 fully saturated rings. The third kappa shape index (κ3) is 4.13. The van der Waals surface area contributed by atoms with E-state index in [2.05, 4.69) is 5.32 Å². The normalized spacial score (nSPS) is 12.0. The molecule has 0 heterocycles. The van der Waals surface area contributed by atoms with E-state index in [1.165, 1.54) is 12.1 Å². The van der Waals surface area contributed by atoms with E-state index in [1.807, 2.05) is 25.1 Å². The topological polar surface area (TPSA) is 55.1 Å². The van der Waals surface area contributed by atoms with Crippen molar-refractivity contribution in [2.24, 2.45) is 5.73 Å². The van der Waals surface area contributed by atoms with Gasteiger partial charge >= 0.3 is 0 Å². The van der Waals surface area contributed by atoms with Crippen molar-refractivity contribution in [1.82, 2.24) is 5.32 Å². The molecule has 0 aliphatic carbocycles. The third-order valence-corrected chi connectivity index (χ3v) is 3.32. The third-order valence-electron chi connectivity index (χ3n) is 3.32. The van der Waals surface area contributed by atoms with Gasteiger partial charge in [-0.05, 0) is 55.3 Å². The Hall–Kier alpha value is -2.20. The fourth-order valence-electron chi connectivity index (χ4n) is 2.17. The van der Waals surface area contributed by atoms with Crippen molar-refractivity contribution >= 4 is 5.91 Å². The van der Waals surface area contributed by atoms with Crippen LogP contribution < -0.4 is 11.1 Å². The molecule has 1 atom stereocenters. The lowest BCUT2D eigenvalue weighted by atomic mass is 10.1. The predicted octanol–water partition coefficient (Wildman–Crippen LogP) is 2.82. The number of rotatable bonds is 5. The van der Waals surface area contributed by atoms with Crippen LogP contribution >= 0.6 is 0 Å². The van der Waals surface area contributed by atoms with Gasteiger partial charge in [0.15, 0.2) is 0 Å². The van der Waals surface area contributed by atoms with Crippen LogP contribution in [0.15, 0.2) is 48.5 Å². The zero-order valence-corrected chi connectivity index (χ0v) is 12.0. The first-order valence-corrected chi connectivity index (χ1v) is 6.95. The molecule has 3 N–H and O–H groups in total. The van der Waals surface area contributed by atoms with Crippen LogP contribution in [-0.2, 0) is 6.42 Å². The van der Waals surface area contributed by atoms with Crippen molar-refractivity contribution < 1.29 is 9.18 Å². The fraction of sp³-hybridized carbons (Fsp3) is 0.235. The molecule has 0 saturated carbocycles. The van der Waals surface area contributed by atoms with Crippen LogP contribution in [0.1, 0.15) is 34.5 Å². The van der Waals surface area contributed by atoms with Crippen molar-refractivity contribution in [2.75, 3.05) is 6.54 Å². The second-order valence-electron chi connectivity index (χ2n) is 4.99. The van der Waals surface area contributed by atoms with Gasteiger partial charge in [0.2, 0.25) is 0 Å². The SMILES string of the molecule is CC(NC(=O)c1cccc(CCN)c1)c1cccc(F)c1. The van der Waals surface area contributed by atoms with E-state index >= 15 is 0 Å². The summed E-state index contributed by atoms with van der Waals surface area (Å²) >= 11 is 0. The molecule has 2 aromatic carbocycles. The number of nitrogens with two attached hydrogens (primary N) is 1. The molecular weight excluding hydrogens is 267 g/mol. The first kappa shape index (κ1) is 15.2. The van der Waals surface area contributed by atoms with E-state index in [1.54, 1.807) is 18.2 Å². The average molecular weight is 286 g/mol. The molecule has 0 aromatic heterocycles. The van der Waals surface area contributed by atoms with Gasteiger partial charge in [0, 0.05) is 5.56 Å². The lowest BCUT2D eigenvalue weighted by molar-refractivity contribution is 0.0939.